The molecule has 0 unspecified atom stereocenters. The van der Waals surface area contributed by atoms with Crippen molar-refractivity contribution in [1.29, 1.82) is 0 Å². The molecule has 10 rings (SSSR count). The van der Waals surface area contributed by atoms with Gasteiger partial charge in [-0.15, -0.1) is 0 Å². The van der Waals surface area contributed by atoms with Crippen LogP contribution in [0.5, 0.6) is 0 Å². The summed E-state index contributed by atoms with van der Waals surface area (Å²) in [5.74, 6) is 2.87. The second-order valence-corrected chi connectivity index (χ2v) is 12.7. The summed E-state index contributed by atoms with van der Waals surface area (Å²) in [6, 6.07) is 38.2. The van der Waals surface area contributed by atoms with Crippen molar-refractivity contribution in [2.45, 2.75) is 0 Å². The van der Waals surface area contributed by atoms with Gasteiger partial charge in [0.15, 0.2) is 34.9 Å². The van der Waals surface area contributed by atoms with Crippen LogP contribution in [0.2, 0.25) is 0 Å². The van der Waals surface area contributed by atoms with Gasteiger partial charge in [0.05, 0.1) is 11.0 Å². The van der Waals surface area contributed by atoms with Crippen molar-refractivity contribution < 1.29 is 0 Å². The van der Waals surface area contributed by atoms with Gasteiger partial charge in [-0.1, -0.05) is 36.4 Å². The molecule has 0 N–H and O–H groups in total. The second-order valence-electron chi connectivity index (χ2n) is 12.7. The maximum atomic E-state index is 5.05. The van der Waals surface area contributed by atoms with Crippen LogP contribution < -0.4 is 0 Å². The minimum Gasteiger partial charge on any atom is -0.309 e. The summed E-state index contributed by atoms with van der Waals surface area (Å²) in [4.78, 5) is 47.3. The van der Waals surface area contributed by atoms with E-state index in [-0.39, 0.29) is 0 Å². The Morgan fingerprint density at radius 3 is 0.964 bits per heavy atom. The Morgan fingerprint density at radius 2 is 0.636 bits per heavy atom. The van der Waals surface area contributed by atoms with Crippen LogP contribution in [0.25, 0.3) is 95.8 Å². The zero-order valence-corrected chi connectivity index (χ0v) is 29.0. The summed E-state index contributed by atoms with van der Waals surface area (Å²) in [7, 11) is 0. The van der Waals surface area contributed by atoms with Crippen LogP contribution in [0.3, 0.4) is 0 Å². The third-order valence-electron chi connectivity index (χ3n) is 9.22. The van der Waals surface area contributed by atoms with E-state index >= 15 is 0 Å². The smallest absolute Gasteiger partial charge is 0.165 e. The zero-order valence-electron chi connectivity index (χ0n) is 29.0. The Balaban J connectivity index is 1.27. The van der Waals surface area contributed by atoms with E-state index in [0.29, 0.717) is 34.9 Å². The zero-order chi connectivity index (χ0) is 36.6. The van der Waals surface area contributed by atoms with Crippen molar-refractivity contribution in [2.75, 3.05) is 0 Å². The molecule has 55 heavy (non-hydrogen) atoms. The van der Waals surface area contributed by atoms with Gasteiger partial charge in [0, 0.05) is 99.4 Å². The first kappa shape index (κ1) is 31.8. The standard InChI is InChI=1S/C44H27N11/c1-3-15-37-35(13-1)36-14-2-4-16-38(36)55(37)34-22-32(43-51-39(28-9-5-17-45-24-28)49-40(52-43)29-10-6-18-46-25-29)21-33(23-34)44-53-41(30-11-7-19-47-26-30)50-42(54-44)31-12-8-20-48-27-31/h1-27H. The number of hydrogen-bond donors (Lipinski definition) is 0. The molecule has 7 heterocycles. The molecular formula is C44H27N11. The van der Waals surface area contributed by atoms with Crippen LogP contribution in [0.1, 0.15) is 0 Å². The van der Waals surface area contributed by atoms with Crippen LogP contribution >= 0.6 is 0 Å². The molecule has 0 amide bonds. The molecule has 10 aromatic rings. The van der Waals surface area contributed by atoms with Gasteiger partial charge in [0.2, 0.25) is 0 Å². The monoisotopic (exact) mass is 709 g/mol. The molecule has 0 atom stereocenters. The molecule has 0 saturated heterocycles. The Morgan fingerprint density at radius 1 is 0.309 bits per heavy atom. The predicted molar refractivity (Wildman–Crippen MR) is 211 cm³/mol. The maximum absolute atomic E-state index is 5.05. The van der Waals surface area contributed by atoms with E-state index in [0.717, 1.165) is 60.9 Å². The van der Waals surface area contributed by atoms with Crippen LogP contribution in [-0.2, 0) is 0 Å². The predicted octanol–water partition coefficient (Wildman–Crippen LogP) is 8.74. The quantitative estimate of drug-likeness (QED) is 0.158. The molecule has 0 aliphatic carbocycles. The number of aromatic nitrogens is 11. The van der Waals surface area contributed by atoms with Crippen molar-refractivity contribution in [3.63, 3.8) is 0 Å². The Labute approximate surface area is 314 Å². The summed E-state index contributed by atoms with van der Waals surface area (Å²) in [6.07, 6.45) is 13.9. The maximum Gasteiger partial charge on any atom is 0.165 e. The van der Waals surface area contributed by atoms with E-state index in [1.807, 2.05) is 54.6 Å². The largest absolute Gasteiger partial charge is 0.309 e. The highest BCUT2D eigenvalue weighted by molar-refractivity contribution is 6.09. The molecule has 3 aromatic carbocycles. The first-order valence-electron chi connectivity index (χ1n) is 17.5. The van der Waals surface area contributed by atoms with Crippen LogP contribution in [-0.4, -0.2) is 54.4 Å². The third-order valence-corrected chi connectivity index (χ3v) is 9.22. The molecule has 258 valence electrons. The van der Waals surface area contributed by atoms with Crippen LogP contribution in [0.4, 0.5) is 0 Å². The normalized spacial score (nSPS) is 11.3. The first-order valence-corrected chi connectivity index (χ1v) is 17.5. The second kappa shape index (κ2) is 13.6. The molecule has 11 heteroatoms. The van der Waals surface area contributed by atoms with Crippen molar-refractivity contribution in [3.8, 4) is 74.0 Å². The van der Waals surface area contributed by atoms with Crippen molar-refractivity contribution >= 4 is 21.8 Å². The summed E-state index contributed by atoms with van der Waals surface area (Å²) < 4.78 is 2.26. The number of rotatable bonds is 7. The van der Waals surface area contributed by atoms with Gasteiger partial charge >= 0.3 is 0 Å². The Hall–Kier alpha value is -7.92. The van der Waals surface area contributed by atoms with E-state index < -0.39 is 0 Å². The van der Waals surface area contributed by atoms with Gasteiger partial charge in [0.25, 0.3) is 0 Å². The molecule has 0 saturated carbocycles. The number of benzene rings is 3. The lowest BCUT2D eigenvalue weighted by atomic mass is 10.1. The summed E-state index contributed by atoms with van der Waals surface area (Å²) in [5, 5.41) is 2.28. The van der Waals surface area contributed by atoms with Crippen LogP contribution in [0.15, 0.2) is 165 Å². The summed E-state index contributed by atoms with van der Waals surface area (Å²) in [6.45, 7) is 0. The van der Waals surface area contributed by atoms with E-state index in [9.17, 15) is 0 Å². The van der Waals surface area contributed by atoms with E-state index in [1.54, 1.807) is 49.6 Å². The van der Waals surface area contributed by atoms with Crippen molar-refractivity contribution in [3.05, 3.63) is 165 Å². The van der Waals surface area contributed by atoms with Gasteiger partial charge in [0.1, 0.15) is 0 Å². The SMILES string of the molecule is c1cncc(-c2nc(-c3cccnc3)nc(-c3cc(-c4nc(-c5cccnc5)nc(-c5cccnc5)n4)cc(-n4c5ccccc5c5ccccc54)c3)n2)c1. The number of hydrogen-bond acceptors (Lipinski definition) is 10. The number of nitrogens with zero attached hydrogens (tertiary/aromatic N) is 11. The van der Waals surface area contributed by atoms with Gasteiger partial charge in [-0.05, 0) is 78.9 Å². The molecule has 0 aliphatic heterocycles. The van der Waals surface area contributed by atoms with Gasteiger partial charge in [-0.3, -0.25) is 19.9 Å². The van der Waals surface area contributed by atoms with Crippen LogP contribution in [0, 0.1) is 0 Å². The van der Waals surface area contributed by atoms with Crippen molar-refractivity contribution in [2.24, 2.45) is 0 Å². The highest BCUT2D eigenvalue weighted by Gasteiger charge is 2.20. The fraction of sp³-hybridized carbons (Fsp3) is 0. The molecule has 7 aromatic heterocycles. The van der Waals surface area contributed by atoms with E-state index in [4.69, 9.17) is 29.9 Å². The van der Waals surface area contributed by atoms with Gasteiger partial charge in [-0.25, -0.2) is 29.9 Å². The topological polar surface area (TPSA) is 134 Å². The highest BCUT2D eigenvalue weighted by atomic mass is 15.1. The lowest BCUT2D eigenvalue weighted by Crippen LogP contribution is -2.04. The fourth-order valence-corrected chi connectivity index (χ4v) is 6.71. The Bertz CT molecular complexity index is 2660. The minimum atomic E-state index is 0.464. The number of fused-ring (bicyclic) bond motifs is 3. The fourth-order valence-electron chi connectivity index (χ4n) is 6.71. The molecule has 0 spiro atoms. The molecule has 0 fully saturated rings. The molecule has 0 bridgehead atoms. The Kier molecular flexibility index (Phi) is 7.84. The van der Waals surface area contributed by atoms with Crippen molar-refractivity contribution in [1.82, 2.24) is 54.4 Å². The molecule has 0 aliphatic rings. The highest BCUT2D eigenvalue weighted by Crippen LogP contribution is 2.36. The molecule has 11 nitrogen and oxygen atoms in total. The lowest BCUT2D eigenvalue weighted by molar-refractivity contribution is 1.06. The van der Waals surface area contributed by atoms with Gasteiger partial charge < -0.3 is 4.57 Å². The van der Waals surface area contributed by atoms with E-state index in [2.05, 4.69) is 85.2 Å². The lowest BCUT2D eigenvalue weighted by Gasteiger charge is -2.14. The number of para-hydroxylation sites is 2. The van der Waals surface area contributed by atoms with E-state index in [1.165, 1.54) is 0 Å². The van der Waals surface area contributed by atoms with Gasteiger partial charge in [-0.2, -0.15) is 0 Å². The first-order chi connectivity index (χ1) is 27.2. The third kappa shape index (κ3) is 6.01. The number of pyridine rings is 4. The summed E-state index contributed by atoms with van der Waals surface area (Å²) >= 11 is 0. The average molecular weight is 710 g/mol. The molecular weight excluding hydrogens is 683 g/mol. The molecule has 0 radical (unpaired) electrons. The minimum absolute atomic E-state index is 0.464. The average Bonchev–Trinajstić information content (AvgIpc) is 3.61. The summed E-state index contributed by atoms with van der Waals surface area (Å²) in [5.41, 5.74) is 7.49.